The van der Waals surface area contributed by atoms with Crippen molar-refractivity contribution in [2.75, 3.05) is 0 Å². The number of hydrogen-bond acceptors (Lipinski definition) is 4. The van der Waals surface area contributed by atoms with Gasteiger partial charge >= 0.3 is 0 Å². The van der Waals surface area contributed by atoms with E-state index in [-0.39, 0.29) is 24.7 Å². The molecule has 0 fully saturated rings. The van der Waals surface area contributed by atoms with E-state index in [2.05, 4.69) is 29.2 Å². The second-order valence-corrected chi connectivity index (χ2v) is 7.34. The van der Waals surface area contributed by atoms with Gasteiger partial charge in [-0.2, -0.15) is 4.98 Å². The monoisotopic (exact) mass is 406 g/mol. The Morgan fingerprint density at radius 2 is 1.50 bits per heavy atom. The van der Waals surface area contributed by atoms with Crippen LogP contribution in [-0.2, 0) is 12.8 Å². The van der Waals surface area contributed by atoms with Gasteiger partial charge in [0.25, 0.3) is 0 Å². The van der Waals surface area contributed by atoms with Gasteiger partial charge in [0.2, 0.25) is 11.7 Å². The molecule has 2 rings (SSSR count). The number of aryl methyl sites for hydroxylation is 1. The molecule has 0 aliphatic heterocycles. The van der Waals surface area contributed by atoms with Crippen LogP contribution >= 0.6 is 12.4 Å². The van der Waals surface area contributed by atoms with Gasteiger partial charge in [-0.3, -0.25) is 5.41 Å². The van der Waals surface area contributed by atoms with Crippen molar-refractivity contribution >= 4 is 18.2 Å². The number of nitrogens with zero attached hydrogens (tertiary/aromatic N) is 2. The Kier molecular flexibility index (Phi) is 12.2. The average Bonchev–Trinajstić information content (AvgIpc) is 3.11. The second-order valence-electron chi connectivity index (χ2n) is 7.34. The highest BCUT2D eigenvalue weighted by Gasteiger charge is 2.09. The van der Waals surface area contributed by atoms with Crippen LogP contribution in [0.5, 0.6) is 0 Å². The molecule has 0 spiro atoms. The van der Waals surface area contributed by atoms with Crippen LogP contribution in [0, 0.1) is 5.41 Å². The molecule has 0 atom stereocenters. The maximum atomic E-state index is 7.28. The summed E-state index contributed by atoms with van der Waals surface area (Å²) in [4.78, 5) is 4.28. The number of rotatable bonds is 14. The van der Waals surface area contributed by atoms with Crippen molar-refractivity contribution in [2.24, 2.45) is 5.73 Å². The van der Waals surface area contributed by atoms with Gasteiger partial charge in [0.1, 0.15) is 5.84 Å². The van der Waals surface area contributed by atoms with Crippen LogP contribution in [0.4, 0.5) is 0 Å². The maximum absolute atomic E-state index is 7.28. The third-order valence-corrected chi connectivity index (χ3v) is 4.84. The van der Waals surface area contributed by atoms with Crippen LogP contribution in [0.2, 0.25) is 0 Å². The third kappa shape index (κ3) is 9.36. The average molecular weight is 407 g/mol. The van der Waals surface area contributed by atoms with E-state index in [4.69, 9.17) is 15.7 Å². The van der Waals surface area contributed by atoms with E-state index in [9.17, 15) is 0 Å². The summed E-state index contributed by atoms with van der Waals surface area (Å²) < 4.78 is 5.12. The van der Waals surface area contributed by atoms with Crippen molar-refractivity contribution < 1.29 is 4.52 Å². The Labute approximate surface area is 175 Å². The molecule has 0 saturated carbocycles. The minimum Gasteiger partial charge on any atom is -0.387 e. The summed E-state index contributed by atoms with van der Waals surface area (Å²) in [5, 5.41) is 11.2. The molecule has 156 valence electrons. The van der Waals surface area contributed by atoms with E-state index in [1.165, 1.54) is 69.8 Å². The van der Waals surface area contributed by atoms with Crippen LogP contribution < -0.4 is 5.73 Å². The molecule has 28 heavy (non-hydrogen) atoms. The van der Waals surface area contributed by atoms with E-state index in [0.717, 1.165) is 12.0 Å². The summed E-state index contributed by atoms with van der Waals surface area (Å²) >= 11 is 0. The molecule has 0 amide bonds. The first-order valence-corrected chi connectivity index (χ1v) is 10.4. The normalized spacial score (nSPS) is 10.6. The van der Waals surface area contributed by atoms with Gasteiger partial charge in [0.15, 0.2) is 0 Å². The highest BCUT2D eigenvalue weighted by Crippen LogP contribution is 2.18. The van der Waals surface area contributed by atoms with E-state index in [1.54, 1.807) is 0 Å². The number of halogens is 1. The first kappa shape index (κ1) is 24.2. The Balaban J connectivity index is 0.00000392. The topological polar surface area (TPSA) is 88.8 Å². The fraction of sp³-hybridized carbons (Fsp3) is 0.591. The van der Waals surface area contributed by atoms with Crippen molar-refractivity contribution in [3.8, 4) is 11.4 Å². The van der Waals surface area contributed by atoms with Crippen LogP contribution in [-0.4, -0.2) is 16.0 Å². The quantitative estimate of drug-likeness (QED) is 0.225. The van der Waals surface area contributed by atoms with Crippen LogP contribution in [0.1, 0.15) is 82.6 Å². The molecule has 3 N–H and O–H groups in total. The van der Waals surface area contributed by atoms with Crippen molar-refractivity contribution in [1.82, 2.24) is 10.1 Å². The van der Waals surface area contributed by atoms with Crippen LogP contribution in [0.25, 0.3) is 11.4 Å². The first-order chi connectivity index (χ1) is 13.2. The molecule has 0 saturated heterocycles. The zero-order valence-corrected chi connectivity index (χ0v) is 17.9. The Bertz CT molecular complexity index is 669. The lowest BCUT2D eigenvalue weighted by atomic mass is 10.0. The SMILES string of the molecule is CCCCCCCCCCCCc1ccc(-c2noc(CC(=N)N)n2)cc1.Cl. The number of benzene rings is 1. The van der Waals surface area contributed by atoms with Crippen molar-refractivity contribution in [3.05, 3.63) is 35.7 Å². The molecule has 0 unspecified atom stereocenters. The Morgan fingerprint density at radius 3 is 2.07 bits per heavy atom. The standard InChI is InChI=1S/C22H34N4O.ClH/c1-2-3-4-5-6-7-8-9-10-11-12-18-13-15-19(16-14-18)22-25-21(27-26-22)17-20(23)24;/h13-16H,2-12,17H2,1H3,(H3,23,24);1H. The summed E-state index contributed by atoms with van der Waals surface area (Å²) in [5.74, 6) is 0.959. The predicted octanol–water partition coefficient (Wildman–Crippen LogP) is 6.10. The van der Waals surface area contributed by atoms with Crippen molar-refractivity contribution in [2.45, 2.75) is 84.0 Å². The fourth-order valence-corrected chi connectivity index (χ4v) is 3.24. The van der Waals surface area contributed by atoms with Gasteiger partial charge in [-0.25, -0.2) is 0 Å². The van der Waals surface area contributed by atoms with Gasteiger partial charge in [-0.05, 0) is 18.4 Å². The highest BCUT2D eigenvalue weighted by atomic mass is 35.5. The van der Waals surface area contributed by atoms with Gasteiger partial charge in [0.05, 0.1) is 6.42 Å². The van der Waals surface area contributed by atoms with Gasteiger partial charge < -0.3 is 10.3 Å². The van der Waals surface area contributed by atoms with Crippen molar-refractivity contribution in [1.29, 1.82) is 5.41 Å². The number of hydrogen-bond donors (Lipinski definition) is 2. The predicted molar refractivity (Wildman–Crippen MR) is 118 cm³/mol. The largest absolute Gasteiger partial charge is 0.387 e. The van der Waals surface area contributed by atoms with Crippen LogP contribution in [0.3, 0.4) is 0 Å². The smallest absolute Gasteiger partial charge is 0.234 e. The summed E-state index contributed by atoms with van der Waals surface area (Å²) in [7, 11) is 0. The fourth-order valence-electron chi connectivity index (χ4n) is 3.24. The lowest BCUT2D eigenvalue weighted by Gasteiger charge is -2.04. The molecule has 0 aliphatic rings. The number of amidine groups is 1. The number of nitrogens with two attached hydrogens (primary N) is 1. The van der Waals surface area contributed by atoms with Crippen molar-refractivity contribution in [3.63, 3.8) is 0 Å². The molecule has 5 nitrogen and oxygen atoms in total. The van der Waals surface area contributed by atoms with Gasteiger partial charge in [-0.1, -0.05) is 94.1 Å². The molecule has 0 bridgehead atoms. The maximum Gasteiger partial charge on any atom is 0.234 e. The van der Waals surface area contributed by atoms with Crippen LogP contribution in [0.15, 0.2) is 28.8 Å². The summed E-state index contributed by atoms with van der Waals surface area (Å²) in [6.07, 6.45) is 15.0. The number of unbranched alkanes of at least 4 members (excludes halogenated alkanes) is 9. The molecule has 0 aliphatic carbocycles. The van der Waals surface area contributed by atoms with E-state index < -0.39 is 0 Å². The summed E-state index contributed by atoms with van der Waals surface area (Å²) in [6.45, 7) is 2.27. The highest BCUT2D eigenvalue weighted by molar-refractivity contribution is 5.85. The zero-order valence-electron chi connectivity index (χ0n) is 17.1. The summed E-state index contributed by atoms with van der Waals surface area (Å²) in [5.41, 5.74) is 7.64. The van der Waals surface area contributed by atoms with E-state index in [1.807, 2.05) is 12.1 Å². The second kappa shape index (κ2) is 14.2. The number of aromatic nitrogens is 2. The molecule has 1 aromatic heterocycles. The molecule has 2 aromatic rings. The lowest BCUT2D eigenvalue weighted by molar-refractivity contribution is 0.389. The summed E-state index contributed by atoms with van der Waals surface area (Å²) in [6, 6.07) is 8.36. The van der Waals surface area contributed by atoms with Gasteiger partial charge in [0, 0.05) is 5.56 Å². The molecule has 6 heteroatoms. The zero-order chi connectivity index (χ0) is 19.3. The Morgan fingerprint density at radius 1 is 0.929 bits per heavy atom. The number of nitrogens with one attached hydrogen (secondary N) is 1. The molecule has 0 radical (unpaired) electrons. The molecular weight excluding hydrogens is 372 g/mol. The third-order valence-electron chi connectivity index (χ3n) is 4.84. The first-order valence-electron chi connectivity index (χ1n) is 10.4. The van der Waals surface area contributed by atoms with Gasteiger partial charge in [-0.15, -0.1) is 12.4 Å². The van der Waals surface area contributed by atoms with E-state index >= 15 is 0 Å². The minimum absolute atomic E-state index is 0. The lowest BCUT2D eigenvalue weighted by Crippen LogP contribution is -2.12. The molecular formula is C22H35ClN4O. The molecule has 1 aromatic carbocycles. The Hall–Kier alpha value is -1.88. The molecule has 1 heterocycles. The van der Waals surface area contributed by atoms with E-state index in [0.29, 0.717) is 11.7 Å². The minimum atomic E-state index is 0.